The first kappa shape index (κ1) is 12.8. The predicted molar refractivity (Wildman–Crippen MR) is 67.8 cm³/mol. The van der Waals surface area contributed by atoms with Gasteiger partial charge in [-0.2, -0.15) is 5.26 Å². The largest absolute Gasteiger partial charge is 0.396 e. The Morgan fingerprint density at radius 3 is 3.00 bits per heavy atom. The number of benzene rings is 1. The first-order valence-corrected chi connectivity index (χ1v) is 6.30. The van der Waals surface area contributed by atoms with Gasteiger partial charge in [-0.05, 0) is 43.4 Å². The molecule has 1 aromatic carbocycles. The summed E-state index contributed by atoms with van der Waals surface area (Å²) in [7, 11) is 0. The Labute approximate surface area is 106 Å². The SMILES string of the molecule is N#Cc1ccc(N2CCCC(CCO)C2)c(F)c1. The van der Waals surface area contributed by atoms with Gasteiger partial charge in [0.1, 0.15) is 5.82 Å². The van der Waals surface area contributed by atoms with Gasteiger partial charge in [-0.25, -0.2) is 4.39 Å². The molecule has 0 bridgehead atoms. The molecule has 0 saturated carbocycles. The number of hydrogen-bond acceptors (Lipinski definition) is 3. The number of aliphatic hydroxyl groups excluding tert-OH is 1. The van der Waals surface area contributed by atoms with Crippen LogP contribution in [0.3, 0.4) is 0 Å². The van der Waals surface area contributed by atoms with Crippen LogP contribution in [0.5, 0.6) is 0 Å². The first-order chi connectivity index (χ1) is 8.74. The molecule has 1 heterocycles. The van der Waals surface area contributed by atoms with Gasteiger partial charge in [0.2, 0.25) is 0 Å². The lowest BCUT2D eigenvalue weighted by atomic mass is 9.94. The molecule has 18 heavy (non-hydrogen) atoms. The highest BCUT2D eigenvalue weighted by molar-refractivity contribution is 5.51. The number of piperidine rings is 1. The van der Waals surface area contributed by atoms with Gasteiger partial charge in [-0.3, -0.25) is 0 Å². The molecule has 96 valence electrons. The maximum atomic E-state index is 13.9. The molecule has 1 fully saturated rings. The van der Waals surface area contributed by atoms with Gasteiger partial charge in [-0.1, -0.05) is 0 Å². The van der Waals surface area contributed by atoms with Crippen molar-refractivity contribution < 1.29 is 9.50 Å². The normalized spacial score (nSPS) is 19.6. The molecule has 0 amide bonds. The number of aliphatic hydroxyl groups is 1. The van der Waals surface area contributed by atoms with Gasteiger partial charge in [-0.15, -0.1) is 0 Å². The van der Waals surface area contributed by atoms with Crippen LogP contribution < -0.4 is 4.90 Å². The molecule has 1 N–H and O–H groups in total. The van der Waals surface area contributed by atoms with Crippen LogP contribution in [0, 0.1) is 23.1 Å². The Kier molecular flexibility index (Phi) is 4.16. The van der Waals surface area contributed by atoms with E-state index in [4.69, 9.17) is 10.4 Å². The van der Waals surface area contributed by atoms with Crippen molar-refractivity contribution in [3.63, 3.8) is 0 Å². The topological polar surface area (TPSA) is 47.3 Å². The molecule has 3 nitrogen and oxygen atoms in total. The third-order valence-corrected chi connectivity index (χ3v) is 3.47. The molecule has 1 aliphatic rings. The molecule has 1 saturated heterocycles. The highest BCUT2D eigenvalue weighted by Gasteiger charge is 2.21. The molecule has 0 spiro atoms. The zero-order valence-corrected chi connectivity index (χ0v) is 10.3. The molecule has 4 heteroatoms. The van der Waals surface area contributed by atoms with E-state index < -0.39 is 0 Å². The minimum absolute atomic E-state index is 0.189. The van der Waals surface area contributed by atoms with Crippen molar-refractivity contribution in [2.24, 2.45) is 5.92 Å². The van der Waals surface area contributed by atoms with E-state index in [2.05, 4.69) is 0 Å². The minimum atomic E-state index is -0.335. The summed E-state index contributed by atoms with van der Waals surface area (Å²) in [6.07, 6.45) is 2.88. The average Bonchev–Trinajstić information content (AvgIpc) is 2.39. The van der Waals surface area contributed by atoms with Crippen LogP contribution in [0.1, 0.15) is 24.8 Å². The highest BCUT2D eigenvalue weighted by atomic mass is 19.1. The number of nitriles is 1. The van der Waals surface area contributed by atoms with Crippen molar-refractivity contribution in [1.82, 2.24) is 0 Å². The fraction of sp³-hybridized carbons (Fsp3) is 0.500. The van der Waals surface area contributed by atoms with E-state index in [1.165, 1.54) is 6.07 Å². The van der Waals surface area contributed by atoms with Crippen LogP contribution in [0.4, 0.5) is 10.1 Å². The first-order valence-electron chi connectivity index (χ1n) is 6.30. The van der Waals surface area contributed by atoms with Gasteiger partial charge < -0.3 is 10.0 Å². The van der Waals surface area contributed by atoms with Crippen LogP contribution in [-0.4, -0.2) is 24.8 Å². The standard InChI is InChI=1S/C14H17FN2O/c15-13-8-12(9-16)3-4-14(13)17-6-1-2-11(10-17)5-7-18/h3-4,8,11,18H,1-2,5-7,10H2. The van der Waals surface area contributed by atoms with E-state index >= 15 is 0 Å². The van der Waals surface area contributed by atoms with Crippen LogP contribution in [0.15, 0.2) is 18.2 Å². The number of hydrogen-bond donors (Lipinski definition) is 1. The van der Waals surface area contributed by atoms with Crippen molar-refractivity contribution in [2.45, 2.75) is 19.3 Å². The summed E-state index contributed by atoms with van der Waals surface area (Å²) < 4.78 is 13.9. The lowest BCUT2D eigenvalue weighted by molar-refractivity contribution is 0.244. The number of anilines is 1. The molecular weight excluding hydrogens is 231 g/mol. The lowest BCUT2D eigenvalue weighted by Crippen LogP contribution is -2.36. The van der Waals surface area contributed by atoms with Crippen LogP contribution in [0.2, 0.25) is 0 Å². The Hall–Kier alpha value is -1.60. The van der Waals surface area contributed by atoms with E-state index in [1.54, 1.807) is 12.1 Å². The van der Waals surface area contributed by atoms with E-state index in [0.29, 0.717) is 17.2 Å². The lowest BCUT2D eigenvalue weighted by Gasteiger charge is -2.34. The molecule has 0 aromatic heterocycles. The minimum Gasteiger partial charge on any atom is -0.396 e. The van der Waals surface area contributed by atoms with Gasteiger partial charge in [0.05, 0.1) is 17.3 Å². The quantitative estimate of drug-likeness (QED) is 0.892. The molecule has 1 aliphatic heterocycles. The molecule has 0 aliphatic carbocycles. The van der Waals surface area contributed by atoms with Gasteiger partial charge >= 0.3 is 0 Å². The summed E-state index contributed by atoms with van der Waals surface area (Å²) in [5, 5.41) is 17.7. The fourth-order valence-corrected chi connectivity index (χ4v) is 2.53. The van der Waals surface area contributed by atoms with E-state index in [9.17, 15) is 4.39 Å². The van der Waals surface area contributed by atoms with Crippen molar-refractivity contribution >= 4 is 5.69 Å². The van der Waals surface area contributed by atoms with E-state index in [-0.39, 0.29) is 12.4 Å². The molecule has 1 aromatic rings. The number of rotatable bonds is 3. The second kappa shape index (κ2) is 5.83. The average molecular weight is 248 g/mol. The second-order valence-electron chi connectivity index (χ2n) is 4.74. The molecule has 0 radical (unpaired) electrons. The van der Waals surface area contributed by atoms with Crippen LogP contribution in [0.25, 0.3) is 0 Å². The number of nitrogens with zero attached hydrogens (tertiary/aromatic N) is 2. The molecule has 2 rings (SSSR count). The number of halogens is 1. The predicted octanol–water partition coefficient (Wildman–Crippen LogP) is 2.30. The Morgan fingerprint density at radius 2 is 2.33 bits per heavy atom. The smallest absolute Gasteiger partial charge is 0.147 e. The molecule has 1 atom stereocenters. The third-order valence-electron chi connectivity index (χ3n) is 3.47. The van der Waals surface area contributed by atoms with Crippen molar-refractivity contribution in [3.05, 3.63) is 29.6 Å². The van der Waals surface area contributed by atoms with Crippen LogP contribution in [-0.2, 0) is 0 Å². The zero-order chi connectivity index (χ0) is 13.0. The van der Waals surface area contributed by atoms with Gasteiger partial charge in [0.15, 0.2) is 0 Å². The Morgan fingerprint density at radius 1 is 1.50 bits per heavy atom. The van der Waals surface area contributed by atoms with Gasteiger partial charge in [0.25, 0.3) is 0 Å². The summed E-state index contributed by atoms with van der Waals surface area (Å²) in [6.45, 7) is 1.81. The summed E-state index contributed by atoms with van der Waals surface area (Å²) >= 11 is 0. The summed E-state index contributed by atoms with van der Waals surface area (Å²) in [5.74, 6) is 0.0949. The third kappa shape index (κ3) is 2.80. The highest BCUT2D eigenvalue weighted by Crippen LogP contribution is 2.27. The summed E-state index contributed by atoms with van der Waals surface area (Å²) in [5.41, 5.74) is 0.914. The molecular formula is C14H17FN2O. The van der Waals surface area contributed by atoms with Crippen molar-refractivity contribution in [1.29, 1.82) is 5.26 Å². The van der Waals surface area contributed by atoms with Gasteiger partial charge in [0, 0.05) is 19.7 Å². The van der Waals surface area contributed by atoms with Crippen molar-refractivity contribution in [2.75, 3.05) is 24.6 Å². The van der Waals surface area contributed by atoms with E-state index in [1.807, 2.05) is 11.0 Å². The summed E-state index contributed by atoms with van der Waals surface area (Å²) in [4.78, 5) is 2.01. The summed E-state index contributed by atoms with van der Waals surface area (Å²) in [6, 6.07) is 6.54. The van der Waals surface area contributed by atoms with Crippen molar-refractivity contribution in [3.8, 4) is 6.07 Å². The Balaban J connectivity index is 2.13. The van der Waals surface area contributed by atoms with Crippen LogP contribution >= 0.6 is 0 Å². The monoisotopic (exact) mass is 248 g/mol. The maximum absolute atomic E-state index is 13.9. The zero-order valence-electron chi connectivity index (χ0n) is 10.3. The molecule has 1 unspecified atom stereocenters. The Bertz CT molecular complexity index is 454. The second-order valence-corrected chi connectivity index (χ2v) is 4.74. The van der Waals surface area contributed by atoms with E-state index in [0.717, 1.165) is 32.4 Å². The fourth-order valence-electron chi connectivity index (χ4n) is 2.53. The maximum Gasteiger partial charge on any atom is 0.147 e.